The second kappa shape index (κ2) is 7.36. The molecule has 0 N–H and O–H groups in total. The molecule has 2 aliphatic rings. The Balaban J connectivity index is 1.19. The average molecular weight is 430 g/mol. The van der Waals surface area contributed by atoms with Gasteiger partial charge in [-0.3, -0.25) is 4.90 Å². The minimum atomic E-state index is -3.06. The number of aromatic nitrogens is 1. The third-order valence-corrected chi connectivity index (χ3v) is 7.96. The number of nitrogens with zero attached hydrogens (tertiary/aromatic N) is 3. The third kappa shape index (κ3) is 4.02. The van der Waals surface area contributed by atoms with Crippen LogP contribution in [-0.4, -0.2) is 55.0 Å². The minimum absolute atomic E-state index is 0.450. The van der Waals surface area contributed by atoms with Crippen LogP contribution in [0.2, 0.25) is 0 Å². The number of ether oxygens (including phenoxy) is 1. The molecule has 2 saturated heterocycles. The van der Waals surface area contributed by atoms with Gasteiger partial charge in [-0.15, -0.1) is 0 Å². The number of para-hydroxylation sites is 1. The van der Waals surface area contributed by atoms with Crippen molar-refractivity contribution in [3.63, 3.8) is 0 Å². The lowest BCUT2D eigenvalue weighted by Gasteiger charge is -2.20. The average Bonchev–Trinajstić information content (AvgIpc) is 3.35. The Morgan fingerprint density at radius 1 is 1.03 bits per heavy atom. The van der Waals surface area contributed by atoms with E-state index in [1.807, 2.05) is 36.4 Å². The number of thiazole rings is 1. The predicted octanol–water partition coefficient (Wildman–Crippen LogP) is 3.41. The minimum Gasteiger partial charge on any atom is -0.431 e. The van der Waals surface area contributed by atoms with Crippen LogP contribution < -0.4 is 4.74 Å². The first-order chi connectivity index (χ1) is 13.9. The summed E-state index contributed by atoms with van der Waals surface area (Å²) in [5, 5.41) is 0.654. The molecule has 3 heterocycles. The van der Waals surface area contributed by atoms with Crippen molar-refractivity contribution in [3.8, 4) is 10.9 Å². The largest absolute Gasteiger partial charge is 0.431 e. The summed E-state index contributed by atoms with van der Waals surface area (Å²) in [5.41, 5.74) is 2.19. The van der Waals surface area contributed by atoms with E-state index in [1.54, 1.807) is 15.6 Å². The molecule has 8 heteroatoms. The topological polar surface area (TPSA) is 62.7 Å². The van der Waals surface area contributed by atoms with Gasteiger partial charge in [-0.05, 0) is 41.7 Å². The van der Waals surface area contributed by atoms with Crippen LogP contribution >= 0.6 is 11.3 Å². The van der Waals surface area contributed by atoms with Crippen LogP contribution in [-0.2, 0) is 16.6 Å². The molecular weight excluding hydrogens is 406 g/mol. The Bertz CT molecular complexity index is 1080. The van der Waals surface area contributed by atoms with Gasteiger partial charge in [0.15, 0.2) is 0 Å². The SMILES string of the molecule is CS(=O)(=O)N1CC2CN(Cc3ccc(Oc4nc5ccccc5s4)cc3)CC2C1. The van der Waals surface area contributed by atoms with Crippen LogP contribution in [0.1, 0.15) is 5.56 Å². The lowest BCUT2D eigenvalue weighted by molar-refractivity contribution is 0.290. The summed E-state index contributed by atoms with van der Waals surface area (Å²) in [4.78, 5) is 6.94. The first-order valence-electron chi connectivity index (χ1n) is 9.74. The van der Waals surface area contributed by atoms with E-state index in [0.29, 0.717) is 30.1 Å². The summed E-state index contributed by atoms with van der Waals surface area (Å²) in [6.45, 7) is 4.12. The molecule has 29 heavy (non-hydrogen) atoms. The number of sulfonamides is 1. The fourth-order valence-corrected chi connectivity index (χ4v) is 6.12. The number of hydrogen-bond acceptors (Lipinski definition) is 6. The van der Waals surface area contributed by atoms with Gasteiger partial charge in [-0.25, -0.2) is 17.7 Å². The summed E-state index contributed by atoms with van der Waals surface area (Å²) in [6.07, 6.45) is 1.31. The summed E-state index contributed by atoms with van der Waals surface area (Å²) in [7, 11) is -3.06. The second-order valence-electron chi connectivity index (χ2n) is 7.99. The van der Waals surface area contributed by atoms with Gasteiger partial charge in [0.25, 0.3) is 5.19 Å². The van der Waals surface area contributed by atoms with Crippen molar-refractivity contribution < 1.29 is 13.2 Å². The Morgan fingerprint density at radius 3 is 2.38 bits per heavy atom. The van der Waals surface area contributed by atoms with Crippen molar-refractivity contribution >= 4 is 31.6 Å². The lowest BCUT2D eigenvalue weighted by Crippen LogP contribution is -2.32. The van der Waals surface area contributed by atoms with Gasteiger partial charge in [0.05, 0.1) is 16.5 Å². The molecular formula is C21H23N3O3S2. The highest BCUT2D eigenvalue weighted by atomic mass is 32.2. The molecule has 2 aliphatic heterocycles. The highest BCUT2D eigenvalue weighted by Crippen LogP contribution is 2.34. The molecule has 0 spiro atoms. The smallest absolute Gasteiger partial charge is 0.279 e. The van der Waals surface area contributed by atoms with E-state index in [0.717, 1.165) is 35.6 Å². The Morgan fingerprint density at radius 2 is 1.72 bits per heavy atom. The number of hydrogen-bond donors (Lipinski definition) is 0. The van der Waals surface area contributed by atoms with E-state index in [4.69, 9.17) is 4.74 Å². The van der Waals surface area contributed by atoms with Gasteiger partial charge in [0, 0.05) is 32.7 Å². The van der Waals surface area contributed by atoms with Crippen molar-refractivity contribution in [3.05, 3.63) is 54.1 Å². The highest BCUT2D eigenvalue weighted by molar-refractivity contribution is 7.88. The van der Waals surface area contributed by atoms with Gasteiger partial charge >= 0.3 is 0 Å². The zero-order chi connectivity index (χ0) is 20.0. The molecule has 2 fully saturated rings. The maximum absolute atomic E-state index is 11.7. The first kappa shape index (κ1) is 19.0. The fourth-order valence-electron chi connectivity index (χ4n) is 4.36. The molecule has 0 amide bonds. The van der Waals surface area contributed by atoms with Crippen LogP contribution in [0.25, 0.3) is 10.2 Å². The summed E-state index contributed by atoms with van der Waals surface area (Å²) in [5.74, 6) is 1.69. The van der Waals surface area contributed by atoms with E-state index in [1.165, 1.54) is 11.8 Å². The zero-order valence-corrected chi connectivity index (χ0v) is 17.8. The normalized spacial score (nSPS) is 22.9. The standard InChI is InChI=1S/C21H23N3O3S2/c1-29(25,26)24-13-16-11-23(12-17(16)14-24)10-15-6-8-18(9-7-15)27-21-22-19-4-2-3-5-20(19)28-21/h2-9,16-17H,10-14H2,1H3. The molecule has 6 nitrogen and oxygen atoms in total. The predicted molar refractivity (Wildman–Crippen MR) is 115 cm³/mol. The molecule has 0 saturated carbocycles. The van der Waals surface area contributed by atoms with E-state index >= 15 is 0 Å². The van der Waals surface area contributed by atoms with Crippen LogP contribution in [0.5, 0.6) is 10.9 Å². The van der Waals surface area contributed by atoms with Crippen LogP contribution in [0, 0.1) is 11.8 Å². The van der Waals surface area contributed by atoms with E-state index in [2.05, 4.69) is 22.0 Å². The first-order valence-corrected chi connectivity index (χ1v) is 12.4. The highest BCUT2D eigenvalue weighted by Gasteiger charge is 2.42. The molecule has 2 aromatic carbocycles. The third-order valence-electron chi connectivity index (χ3n) is 5.81. The Hall–Kier alpha value is -2.00. The van der Waals surface area contributed by atoms with Crippen molar-refractivity contribution in [2.45, 2.75) is 6.54 Å². The lowest BCUT2D eigenvalue weighted by atomic mass is 10.0. The van der Waals surface area contributed by atoms with Crippen LogP contribution in [0.15, 0.2) is 48.5 Å². The van der Waals surface area contributed by atoms with Gasteiger partial charge in [-0.2, -0.15) is 0 Å². The number of rotatable bonds is 5. The van der Waals surface area contributed by atoms with Gasteiger partial charge < -0.3 is 4.74 Å². The van der Waals surface area contributed by atoms with Crippen LogP contribution in [0.4, 0.5) is 0 Å². The molecule has 3 aromatic rings. The molecule has 5 rings (SSSR count). The molecule has 0 radical (unpaired) electrons. The second-order valence-corrected chi connectivity index (χ2v) is 11.0. The summed E-state index contributed by atoms with van der Waals surface area (Å²) < 4.78 is 32.2. The van der Waals surface area contributed by atoms with Crippen LogP contribution in [0.3, 0.4) is 0 Å². The quantitative estimate of drug-likeness (QED) is 0.622. The van der Waals surface area contributed by atoms with Crippen molar-refractivity contribution in [2.24, 2.45) is 11.8 Å². The van der Waals surface area contributed by atoms with Gasteiger partial charge in [0.2, 0.25) is 10.0 Å². The molecule has 0 bridgehead atoms. The van der Waals surface area contributed by atoms with E-state index in [9.17, 15) is 8.42 Å². The molecule has 2 atom stereocenters. The molecule has 152 valence electrons. The summed E-state index contributed by atoms with van der Waals surface area (Å²) in [6, 6.07) is 16.2. The van der Waals surface area contributed by atoms with Crippen molar-refractivity contribution in [1.82, 2.24) is 14.2 Å². The molecule has 2 unspecified atom stereocenters. The number of likely N-dealkylation sites (tertiary alicyclic amines) is 1. The Labute approximate surface area is 174 Å². The summed E-state index contributed by atoms with van der Waals surface area (Å²) >= 11 is 1.55. The van der Waals surface area contributed by atoms with Crippen molar-refractivity contribution in [2.75, 3.05) is 32.4 Å². The van der Waals surface area contributed by atoms with Gasteiger partial charge in [-0.1, -0.05) is 35.6 Å². The number of benzene rings is 2. The fraction of sp³-hybridized carbons (Fsp3) is 0.381. The van der Waals surface area contributed by atoms with E-state index in [-0.39, 0.29) is 0 Å². The monoisotopic (exact) mass is 429 g/mol. The molecule has 0 aliphatic carbocycles. The van der Waals surface area contributed by atoms with Crippen molar-refractivity contribution in [1.29, 1.82) is 0 Å². The zero-order valence-electron chi connectivity index (χ0n) is 16.2. The maximum Gasteiger partial charge on any atom is 0.279 e. The molecule has 1 aromatic heterocycles. The van der Waals surface area contributed by atoms with Gasteiger partial charge in [0.1, 0.15) is 5.75 Å². The maximum atomic E-state index is 11.7. The Kier molecular flexibility index (Phi) is 4.82. The number of fused-ring (bicyclic) bond motifs is 2. The van der Waals surface area contributed by atoms with E-state index < -0.39 is 10.0 Å².